The Morgan fingerprint density at radius 3 is 2.67 bits per heavy atom. The van der Waals surface area contributed by atoms with E-state index in [-0.39, 0.29) is 16.5 Å². The third-order valence-corrected chi connectivity index (χ3v) is 4.13. The summed E-state index contributed by atoms with van der Waals surface area (Å²) >= 11 is 5.86. The lowest BCUT2D eigenvalue weighted by molar-refractivity contribution is 0.174. The van der Waals surface area contributed by atoms with Crippen molar-refractivity contribution < 1.29 is 18.3 Å². The number of aliphatic hydroxyl groups is 1. The molecule has 0 aliphatic carbocycles. The third kappa shape index (κ3) is 3.84. The largest absolute Gasteiger partial charge is 0.495 e. The maximum absolute atomic E-state index is 11.9. The number of methoxy groups -OCH3 is 1. The van der Waals surface area contributed by atoms with Gasteiger partial charge in [-0.15, -0.1) is 0 Å². The van der Waals surface area contributed by atoms with Gasteiger partial charge in [-0.1, -0.05) is 18.5 Å². The van der Waals surface area contributed by atoms with Crippen LogP contribution in [-0.4, -0.2) is 33.3 Å². The van der Waals surface area contributed by atoms with Crippen molar-refractivity contribution in [3.8, 4) is 5.75 Å². The van der Waals surface area contributed by atoms with Gasteiger partial charge in [0, 0.05) is 6.54 Å². The first-order valence-corrected chi connectivity index (χ1v) is 7.28. The van der Waals surface area contributed by atoms with Gasteiger partial charge in [0.2, 0.25) is 10.0 Å². The summed E-state index contributed by atoms with van der Waals surface area (Å²) in [5.74, 6) is 0.407. The summed E-state index contributed by atoms with van der Waals surface area (Å²) in [4.78, 5) is 0.0385. The van der Waals surface area contributed by atoms with Crippen LogP contribution in [0, 0.1) is 0 Å². The monoisotopic (exact) mass is 293 g/mol. The molecule has 102 valence electrons. The normalized spacial score (nSPS) is 13.3. The van der Waals surface area contributed by atoms with Crippen molar-refractivity contribution in [3.05, 3.63) is 23.2 Å². The molecule has 0 aromatic heterocycles. The first kappa shape index (κ1) is 15.2. The zero-order valence-electron chi connectivity index (χ0n) is 10.2. The summed E-state index contributed by atoms with van der Waals surface area (Å²) in [5.41, 5.74) is 0. The van der Waals surface area contributed by atoms with Gasteiger partial charge in [-0.3, -0.25) is 0 Å². The van der Waals surface area contributed by atoms with E-state index in [1.54, 1.807) is 6.92 Å². The van der Waals surface area contributed by atoms with E-state index >= 15 is 0 Å². The molecule has 1 aromatic rings. The van der Waals surface area contributed by atoms with Crippen LogP contribution in [-0.2, 0) is 10.0 Å². The smallest absolute Gasteiger partial charge is 0.240 e. The summed E-state index contributed by atoms with van der Waals surface area (Å²) < 4.78 is 31.0. The third-order valence-electron chi connectivity index (χ3n) is 2.41. The van der Waals surface area contributed by atoms with Crippen molar-refractivity contribution in [1.82, 2.24) is 4.72 Å². The van der Waals surface area contributed by atoms with E-state index in [9.17, 15) is 13.5 Å². The second-order valence-corrected chi connectivity index (χ2v) is 5.88. The van der Waals surface area contributed by atoms with E-state index < -0.39 is 16.1 Å². The maximum atomic E-state index is 11.9. The molecule has 0 aliphatic heterocycles. The predicted octanol–water partition coefficient (Wildman–Crippen LogP) is 1.40. The Balaban J connectivity index is 2.88. The Hall–Kier alpha value is -0.820. The van der Waals surface area contributed by atoms with Gasteiger partial charge in [-0.2, -0.15) is 0 Å². The van der Waals surface area contributed by atoms with E-state index in [0.717, 1.165) is 0 Å². The molecular formula is C11H16ClNO4S. The zero-order chi connectivity index (χ0) is 13.8. The van der Waals surface area contributed by atoms with Crippen LogP contribution < -0.4 is 9.46 Å². The first-order chi connectivity index (χ1) is 8.40. The molecule has 1 atom stereocenters. The summed E-state index contributed by atoms with van der Waals surface area (Å²) in [6.45, 7) is 1.74. The van der Waals surface area contributed by atoms with Crippen LogP contribution >= 0.6 is 11.6 Å². The molecule has 7 heteroatoms. The molecule has 18 heavy (non-hydrogen) atoms. The van der Waals surface area contributed by atoms with Crippen LogP contribution in [0.2, 0.25) is 5.02 Å². The molecule has 0 heterocycles. The lowest BCUT2D eigenvalue weighted by Gasteiger charge is -2.11. The van der Waals surface area contributed by atoms with Crippen molar-refractivity contribution in [2.45, 2.75) is 24.3 Å². The molecular weight excluding hydrogens is 278 g/mol. The summed E-state index contributed by atoms with van der Waals surface area (Å²) in [7, 11) is -2.21. The average Bonchev–Trinajstić information content (AvgIpc) is 2.35. The lowest BCUT2D eigenvalue weighted by Crippen LogP contribution is -2.31. The van der Waals surface area contributed by atoms with Crippen LogP contribution in [0.4, 0.5) is 0 Å². The van der Waals surface area contributed by atoms with Gasteiger partial charge >= 0.3 is 0 Å². The molecule has 1 rings (SSSR count). The Bertz CT molecular complexity index is 504. The van der Waals surface area contributed by atoms with Gasteiger partial charge in [0.1, 0.15) is 5.75 Å². The molecule has 1 aromatic carbocycles. The Morgan fingerprint density at radius 2 is 2.17 bits per heavy atom. The molecule has 0 fully saturated rings. The van der Waals surface area contributed by atoms with Gasteiger partial charge in [0.05, 0.1) is 23.1 Å². The van der Waals surface area contributed by atoms with E-state index in [1.807, 2.05) is 0 Å². The Labute approximate surface area is 112 Å². The number of ether oxygens (including phenoxy) is 1. The fourth-order valence-corrected chi connectivity index (χ4v) is 2.67. The molecule has 0 saturated heterocycles. The average molecular weight is 294 g/mol. The van der Waals surface area contributed by atoms with Gasteiger partial charge < -0.3 is 9.84 Å². The van der Waals surface area contributed by atoms with Crippen LogP contribution in [0.1, 0.15) is 13.3 Å². The number of rotatable bonds is 6. The summed E-state index contributed by atoms with van der Waals surface area (Å²) in [5, 5.41) is 9.55. The molecule has 0 aliphatic rings. The summed E-state index contributed by atoms with van der Waals surface area (Å²) in [6, 6.07) is 4.18. The van der Waals surface area contributed by atoms with Crippen molar-refractivity contribution in [2.24, 2.45) is 0 Å². The highest BCUT2D eigenvalue weighted by Gasteiger charge is 2.16. The van der Waals surface area contributed by atoms with Gasteiger partial charge in [0.15, 0.2) is 0 Å². The SMILES string of the molecule is CCC(O)CNS(=O)(=O)c1ccc(OC)c(Cl)c1. The second-order valence-electron chi connectivity index (χ2n) is 3.71. The highest BCUT2D eigenvalue weighted by Crippen LogP contribution is 2.26. The predicted molar refractivity (Wildman–Crippen MR) is 69.5 cm³/mol. The molecule has 0 radical (unpaired) electrons. The second kappa shape index (κ2) is 6.38. The molecule has 1 unspecified atom stereocenters. The standard InChI is InChI=1S/C11H16ClNO4S/c1-3-8(14)7-13-18(15,16)9-4-5-11(17-2)10(12)6-9/h4-6,8,13-14H,3,7H2,1-2H3. The number of aliphatic hydroxyl groups excluding tert-OH is 1. The van der Waals surface area contributed by atoms with Crippen molar-refractivity contribution in [1.29, 1.82) is 0 Å². The minimum Gasteiger partial charge on any atom is -0.495 e. The minimum atomic E-state index is -3.66. The van der Waals surface area contributed by atoms with Gasteiger partial charge in [-0.05, 0) is 24.6 Å². The highest BCUT2D eigenvalue weighted by molar-refractivity contribution is 7.89. The number of nitrogens with one attached hydrogen (secondary N) is 1. The maximum Gasteiger partial charge on any atom is 0.240 e. The zero-order valence-corrected chi connectivity index (χ0v) is 11.8. The van der Waals surface area contributed by atoms with Crippen molar-refractivity contribution >= 4 is 21.6 Å². The van der Waals surface area contributed by atoms with E-state index in [1.165, 1.54) is 25.3 Å². The number of sulfonamides is 1. The fraction of sp³-hybridized carbons (Fsp3) is 0.455. The lowest BCUT2D eigenvalue weighted by atomic mass is 10.3. The summed E-state index contributed by atoms with van der Waals surface area (Å²) in [6.07, 6.45) is -0.222. The quantitative estimate of drug-likeness (QED) is 0.831. The fourth-order valence-electron chi connectivity index (χ4n) is 1.25. The van der Waals surface area contributed by atoms with E-state index in [0.29, 0.717) is 12.2 Å². The molecule has 0 spiro atoms. The first-order valence-electron chi connectivity index (χ1n) is 5.42. The molecule has 0 bridgehead atoms. The molecule has 5 nitrogen and oxygen atoms in total. The molecule has 2 N–H and O–H groups in total. The number of halogens is 1. The van der Waals surface area contributed by atoms with Gasteiger partial charge in [-0.25, -0.2) is 13.1 Å². The highest BCUT2D eigenvalue weighted by atomic mass is 35.5. The van der Waals surface area contributed by atoms with E-state index in [2.05, 4.69) is 4.72 Å². The van der Waals surface area contributed by atoms with Crippen LogP contribution in [0.5, 0.6) is 5.75 Å². The Kier molecular flexibility index (Phi) is 5.40. The number of hydrogen-bond acceptors (Lipinski definition) is 4. The van der Waals surface area contributed by atoms with Crippen molar-refractivity contribution in [3.63, 3.8) is 0 Å². The van der Waals surface area contributed by atoms with Crippen LogP contribution in [0.25, 0.3) is 0 Å². The van der Waals surface area contributed by atoms with E-state index in [4.69, 9.17) is 16.3 Å². The Morgan fingerprint density at radius 1 is 1.50 bits per heavy atom. The molecule has 0 amide bonds. The van der Waals surface area contributed by atoms with Crippen molar-refractivity contribution in [2.75, 3.05) is 13.7 Å². The number of benzene rings is 1. The minimum absolute atomic E-state index is 0.0253. The van der Waals surface area contributed by atoms with Gasteiger partial charge in [0.25, 0.3) is 0 Å². The topological polar surface area (TPSA) is 75.6 Å². The molecule has 0 saturated carbocycles. The van der Waals surface area contributed by atoms with Crippen LogP contribution in [0.3, 0.4) is 0 Å². The van der Waals surface area contributed by atoms with Crippen LogP contribution in [0.15, 0.2) is 23.1 Å². The number of hydrogen-bond donors (Lipinski definition) is 2.